The number of piperidine rings is 1. The Morgan fingerprint density at radius 1 is 1.21 bits per heavy atom. The molecule has 1 aliphatic heterocycles. The third-order valence-corrected chi connectivity index (χ3v) is 4.60. The van der Waals surface area contributed by atoms with E-state index in [0.29, 0.717) is 5.82 Å². The highest BCUT2D eigenvalue weighted by Crippen LogP contribution is 2.24. The van der Waals surface area contributed by atoms with Gasteiger partial charge in [-0.3, -0.25) is 10.00 Å². The van der Waals surface area contributed by atoms with Crippen molar-refractivity contribution in [3.8, 4) is 11.3 Å². The second-order valence-corrected chi connectivity index (χ2v) is 6.53. The molecule has 2 heterocycles. The van der Waals surface area contributed by atoms with Gasteiger partial charge in [-0.15, -0.1) is 0 Å². The minimum absolute atomic E-state index is 0.163. The molecular weight excluding hydrogens is 302 g/mol. The molecule has 128 valence electrons. The maximum Gasteiger partial charge on any atom is 0.320 e. The molecule has 1 aromatic carbocycles. The first-order valence-electron chi connectivity index (χ1n) is 8.39. The second-order valence-electron chi connectivity index (χ2n) is 6.53. The van der Waals surface area contributed by atoms with Crippen LogP contribution in [0.4, 0.5) is 10.6 Å². The molecule has 1 fully saturated rings. The van der Waals surface area contributed by atoms with Gasteiger partial charge in [-0.25, -0.2) is 4.79 Å². The molecule has 1 saturated heterocycles. The van der Waals surface area contributed by atoms with Gasteiger partial charge in [0, 0.05) is 24.7 Å². The number of carbonyl (C=O) groups excluding carboxylic acids is 1. The third-order valence-electron chi connectivity index (χ3n) is 4.60. The SMILES string of the molecule is Cc1ccccc1-c1cc(NC(=O)NC2CCN(C)CC2)n(C)n1. The van der Waals surface area contributed by atoms with Gasteiger partial charge in [0.15, 0.2) is 0 Å². The Labute approximate surface area is 142 Å². The van der Waals surface area contributed by atoms with Gasteiger partial charge in [0.25, 0.3) is 0 Å². The Bertz CT molecular complexity index is 716. The summed E-state index contributed by atoms with van der Waals surface area (Å²) in [6.07, 6.45) is 1.98. The van der Waals surface area contributed by atoms with Crippen LogP contribution in [0.25, 0.3) is 11.3 Å². The van der Waals surface area contributed by atoms with Gasteiger partial charge in [0.05, 0.1) is 5.69 Å². The number of carbonyl (C=O) groups is 1. The van der Waals surface area contributed by atoms with Gasteiger partial charge in [-0.1, -0.05) is 24.3 Å². The number of aromatic nitrogens is 2. The van der Waals surface area contributed by atoms with E-state index < -0.39 is 0 Å². The molecule has 0 unspecified atom stereocenters. The molecule has 24 heavy (non-hydrogen) atoms. The number of aryl methyl sites for hydroxylation is 2. The fourth-order valence-electron chi connectivity index (χ4n) is 3.07. The van der Waals surface area contributed by atoms with Crippen molar-refractivity contribution in [3.63, 3.8) is 0 Å². The van der Waals surface area contributed by atoms with Crippen molar-refractivity contribution in [1.29, 1.82) is 0 Å². The average molecular weight is 327 g/mol. The van der Waals surface area contributed by atoms with Crippen molar-refractivity contribution in [2.75, 3.05) is 25.5 Å². The Kier molecular flexibility index (Phi) is 4.85. The number of hydrogen-bond donors (Lipinski definition) is 2. The lowest BCUT2D eigenvalue weighted by Gasteiger charge is -2.29. The lowest BCUT2D eigenvalue weighted by Crippen LogP contribution is -2.45. The van der Waals surface area contributed by atoms with Crippen molar-refractivity contribution < 1.29 is 4.79 Å². The van der Waals surface area contributed by atoms with E-state index in [9.17, 15) is 4.79 Å². The molecule has 1 aliphatic rings. The van der Waals surface area contributed by atoms with E-state index in [1.807, 2.05) is 31.3 Å². The minimum Gasteiger partial charge on any atom is -0.335 e. The first-order valence-corrected chi connectivity index (χ1v) is 8.39. The molecule has 0 saturated carbocycles. The Morgan fingerprint density at radius 3 is 2.62 bits per heavy atom. The number of likely N-dealkylation sites (tertiary alicyclic amines) is 1. The smallest absolute Gasteiger partial charge is 0.320 e. The molecule has 6 nitrogen and oxygen atoms in total. The summed E-state index contributed by atoms with van der Waals surface area (Å²) in [6.45, 7) is 4.10. The van der Waals surface area contributed by atoms with Crippen LogP contribution in [0.3, 0.4) is 0 Å². The van der Waals surface area contributed by atoms with Gasteiger partial charge in [0.1, 0.15) is 5.82 Å². The van der Waals surface area contributed by atoms with Crippen molar-refractivity contribution in [2.24, 2.45) is 7.05 Å². The zero-order valence-electron chi connectivity index (χ0n) is 14.5. The quantitative estimate of drug-likeness (QED) is 0.911. The largest absolute Gasteiger partial charge is 0.335 e. The highest BCUT2D eigenvalue weighted by molar-refractivity contribution is 5.89. The van der Waals surface area contributed by atoms with Crippen LogP contribution >= 0.6 is 0 Å². The first kappa shape index (κ1) is 16.5. The molecule has 0 atom stereocenters. The second kappa shape index (κ2) is 7.05. The number of benzene rings is 1. The zero-order valence-corrected chi connectivity index (χ0v) is 14.5. The molecule has 0 aliphatic carbocycles. The van der Waals surface area contributed by atoms with Crippen LogP contribution in [0.2, 0.25) is 0 Å². The summed E-state index contributed by atoms with van der Waals surface area (Å²) in [5.41, 5.74) is 3.11. The van der Waals surface area contributed by atoms with Crippen LogP contribution < -0.4 is 10.6 Å². The Morgan fingerprint density at radius 2 is 1.92 bits per heavy atom. The predicted molar refractivity (Wildman–Crippen MR) is 96.1 cm³/mol. The van der Waals surface area contributed by atoms with E-state index in [2.05, 4.69) is 40.7 Å². The monoisotopic (exact) mass is 327 g/mol. The van der Waals surface area contributed by atoms with Crippen LogP contribution in [0, 0.1) is 6.92 Å². The van der Waals surface area contributed by atoms with Gasteiger partial charge < -0.3 is 10.2 Å². The lowest BCUT2D eigenvalue weighted by molar-refractivity contribution is 0.221. The zero-order chi connectivity index (χ0) is 17.1. The van der Waals surface area contributed by atoms with E-state index in [4.69, 9.17) is 0 Å². The third kappa shape index (κ3) is 3.76. The lowest BCUT2D eigenvalue weighted by atomic mass is 10.1. The fourth-order valence-corrected chi connectivity index (χ4v) is 3.07. The number of hydrogen-bond acceptors (Lipinski definition) is 3. The highest BCUT2D eigenvalue weighted by atomic mass is 16.2. The number of amides is 2. The van der Waals surface area contributed by atoms with Crippen LogP contribution in [-0.2, 0) is 7.05 Å². The van der Waals surface area contributed by atoms with Gasteiger partial charge >= 0.3 is 6.03 Å². The highest BCUT2D eigenvalue weighted by Gasteiger charge is 2.19. The molecule has 0 bridgehead atoms. The fraction of sp³-hybridized carbons (Fsp3) is 0.444. The number of nitrogens with one attached hydrogen (secondary N) is 2. The van der Waals surface area contributed by atoms with Crippen LogP contribution in [-0.4, -0.2) is 46.9 Å². The van der Waals surface area contributed by atoms with Crippen molar-refractivity contribution in [1.82, 2.24) is 20.0 Å². The van der Waals surface area contributed by atoms with Crippen molar-refractivity contribution >= 4 is 11.8 Å². The summed E-state index contributed by atoms with van der Waals surface area (Å²) in [6, 6.07) is 10.1. The summed E-state index contributed by atoms with van der Waals surface area (Å²) in [7, 11) is 3.95. The van der Waals surface area contributed by atoms with E-state index in [-0.39, 0.29) is 12.1 Å². The molecule has 0 spiro atoms. The molecule has 3 rings (SSSR count). The maximum absolute atomic E-state index is 12.3. The summed E-state index contributed by atoms with van der Waals surface area (Å²) >= 11 is 0. The van der Waals surface area contributed by atoms with E-state index in [1.54, 1.807) is 4.68 Å². The van der Waals surface area contributed by atoms with E-state index >= 15 is 0 Å². The molecule has 2 amide bonds. The predicted octanol–water partition coefficient (Wildman–Crippen LogP) is 2.61. The first-order chi connectivity index (χ1) is 11.5. The van der Waals surface area contributed by atoms with Gasteiger partial charge in [-0.05, 0) is 45.5 Å². The molecule has 0 radical (unpaired) electrons. The van der Waals surface area contributed by atoms with Gasteiger partial charge in [0.2, 0.25) is 0 Å². The molecule has 1 aromatic heterocycles. The summed E-state index contributed by atoms with van der Waals surface area (Å²) < 4.78 is 1.70. The normalized spacial score (nSPS) is 16.1. The summed E-state index contributed by atoms with van der Waals surface area (Å²) in [5, 5.41) is 10.5. The van der Waals surface area contributed by atoms with E-state index in [1.165, 1.54) is 0 Å². The molecule has 2 aromatic rings. The number of rotatable bonds is 3. The Balaban J connectivity index is 1.65. The van der Waals surface area contributed by atoms with E-state index in [0.717, 1.165) is 42.8 Å². The topological polar surface area (TPSA) is 62.2 Å². The standard InChI is InChI=1S/C18H25N5O/c1-13-6-4-5-7-15(13)16-12-17(23(3)21-16)20-18(24)19-14-8-10-22(2)11-9-14/h4-7,12,14H,8-11H2,1-3H3,(H2,19,20,24). The summed E-state index contributed by atoms with van der Waals surface area (Å²) in [5.74, 6) is 0.693. The maximum atomic E-state index is 12.3. The molecule has 6 heteroatoms. The number of nitrogens with zero attached hydrogens (tertiary/aromatic N) is 3. The number of anilines is 1. The average Bonchev–Trinajstić information content (AvgIpc) is 2.90. The van der Waals surface area contributed by atoms with Crippen LogP contribution in [0.1, 0.15) is 18.4 Å². The molecular formula is C18H25N5O. The van der Waals surface area contributed by atoms with Crippen LogP contribution in [0.15, 0.2) is 30.3 Å². The minimum atomic E-state index is -0.163. The number of urea groups is 1. The van der Waals surface area contributed by atoms with Crippen molar-refractivity contribution in [2.45, 2.75) is 25.8 Å². The van der Waals surface area contributed by atoms with Gasteiger partial charge in [-0.2, -0.15) is 5.10 Å². The summed E-state index contributed by atoms with van der Waals surface area (Å²) in [4.78, 5) is 14.5. The van der Waals surface area contributed by atoms with Crippen LogP contribution in [0.5, 0.6) is 0 Å². The Hall–Kier alpha value is -2.34. The molecule has 2 N–H and O–H groups in total. The van der Waals surface area contributed by atoms with Crippen molar-refractivity contribution in [3.05, 3.63) is 35.9 Å².